The van der Waals surface area contributed by atoms with Crippen molar-refractivity contribution in [2.75, 3.05) is 13.7 Å². The summed E-state index contributed by atoms with van der Waals surface area (Å²) in [4.78, 5) is 0. The topological polar surface area (TPSA) is 18.5 Å². The Kier molecular flexibility index (Phi) is 2.32. The molecular weight excluding hydrogens is 128 g/mol. The lowest BCUT2D eigenvalue weighted by Crippen LogP contribution is -2.24. The Hall–Kier alpha value is -0.0800. The van der Waals surface area contributed by atoms with Gasteiger partial charge in [0.15, 0.2) is 0 Å². The monoisotopic (exact) mass is 144 g/mol. The normalized spacial score (nSPS) is 21.6. The van der Waals surface area contributed by atoms with E-state index in [2.05, 4.69) is 13.8 Å². The molecule has 1 rings (SSSR count). The molecule has 0 heterocycles. The van der Waals surface area contributed by atoms with Crippen LogP contribution in [0.3, 0.4) is 0 Å². The second-order valence-electron chi connectivity index (χ2n) is 3.28. The Morgan fingerprint density at radius 3 is 2.30 bits per heavy atom. The fraction of sp³-hybridized carbons (Fsp3) is 1.00. The minimum atomic E-state index is 0.100. The van der Waals surface area contributed by atoms with Crippen LogP contribution in [-0.4, -0.2) is 25.4 Å². The van der Waals surface area contributed by atoms with Crippen LogP contribution in [0, 0.1) is 0 Å². The minimum Gasteiger partial charge on any atom is -0.382 e. The summed E-state index contributed by atoms with van der Waals surface area (Å²) in [7, 11) is 1.73. The lowest BCUT2D eigenvalue weighted by atomic mass is 10.3. The van der Waals surface area contributed by atoms with E-state index >= 15 is 0 Å². The molecule has 0 atom stereocenters. The third-order valence-electron chi connectivity index (χ3n) is 1.70. The first-order valence-electron chi connectivity index (χ1n) is 3.85. The predicted molar refractivity (Wildman–Crippen MR) is 40.1 cm³/mol. The van der Waals surface area contributed by atoms with Gasteiger partial charge < -0.3 is 9.47 Å². The first-order valence-corrected chi connectivity index (χ1v) is 3.85. The maximum Gasteiger partial charge on any atom is 0.0920 e. The maximum absolute atomic E-state index is 5.66. The highest BCUT2D eigenvalue weighted by atomic mass is 16.5. The Morgan fingerprint density at radius 2 is 2.00 bits per heavy atom. The number of hydrogen-bond acceptors (Lipinski definition) is 2. The zero-order chi connectivity index (χ0) is 7.61. The maximum atomic E-state index is 5.66. The predicted octanol–water partition coefficient (Wildman–Crippen LogP) is 1.59. The van der Waals surface area contributed by atoms with E-state index in [0.29, 0.717) is 6.10 Å². The molecule has 0 spiro atoms. The summed E-state index contributed by atoms with van der Waals surface area (Å²) in [6, 6.07) is 0. The lowest BCUT2D eigenvalue weighted by molar-refractivity contribution is -0.0519. The summed E-state index contributed by atoms with van der Waals surface area (Å²) in [5, 5.41) is 0. The van der Waals surface area contributed by atoms with Crippen LogP contribution in [0.25, 0.3) is 0 Å². The van der Waals surface area contributed by atoms with Gasteiger partial charge in [0.1, 0.15) is 0 Å². The SMILES string of the molecule is COCC1(OC(C)C)CC1. The summed E-state index contributed by atoms with van der Waals surface area (Å²) in [5.41, 5.74) is 0.100. The van der Waals surface area contributed by atoms with Crippen LogP contribution >= 0.6 is 0 Å². The molecule has 0 radical (unpaired) electrons. The van der Waals surface area contributed by atoms with E-state index in [1.807, 2.05) is 0 Å². The second-order valence-corrected chi connectivity index (χ2v) is 3.28. The van der Waals surface area contributed by atoms with Crippen LogP contribution in [0.15, 0.2) is 0 Å². The van der Waals surface area contributed by atoms with Gasteiger partial charge in [0.05, 0.1) is 18.3 Å². The highest BCUT2D eigenvalue weighted by molar-refractivity contribution is 4.96. The number of hydrogen-bond donors (Lipinski definition) is 0. The van der Waals surface area contributed by atoms with Crippen molar-refractivity contribution in [3.05, 3.63) is 0 Å². The molecule has 10 heavy (non-hydrogen) atoms. The molecule has 0 aromatic heterocycles. The molecule has 1 fully saturated rings. The van der Waals surface area contributed by atoms with Gasteiger partial charge in [-0.2, -0.15) is 0 Å². The lowest BCUT2D eigenvalue weighted by Gasteiger charge is -2.17. The molecule has 1 aliphatic carbocycles. The van der Waals surface area contributed by atoms with Crippen molar-refractivity contribution in [2.45, 2.75) is 38.4 Å². The fourth-order valence-electron chi connectivity index (χ4n) is 1.20. The molecule has 2 nitrogen and oxygen atoms in total. The summed E-state index contributed by atoms with van der Waals surface area (Å²) in [6.45, 7) is 4.89. The van der Waals surface area contributed by atoms with Crippen LogP contribution in [0.2, 0.25) is 0 Å². The van der Waals surface area contributed by atoms with Crippen molar-refractivity contribution in [1.82, 2.24) is 0 Å². The molecule has 0 amide bonds. The van der Waals surface area contributed by atoms with Gasteiger partial charge in [0.25, 0.3) is 0 Å². The van der Waals surface area contributed by atoms with Gasteiger partial charge in [0.2, 0.25) is 0 Å². The summed E-state index contributed by atoms with van der Waals surface area (Å²) < 4.78 is 10.7. The molecule has 60 valence electrons. The van der Waals surface area contributed by atoms with Gasteiger partial charge >= 0.3 is 0 Å². The number of rotatable bonds is 4. The van der Waals surface area contributed by atoms with Crippen molar-refractivity contribution in [2.24, 2.45) is 0 Å². The first-order chi connectivity index (χ1) is 4.68. The van der Waals surface area contributed by atoms with Crippen molar-refractivity contribution in [3.63, 3.8) is 0 Å². The third kappa shape index (κ3) is 1.96. The molecule has 0 aliphatic heterocycles. The van der Waals surface area contributed by atoms with Crippen LogP contribution in [0.5, 0.6) is 0 Å². The second kappa shape index (κ2) is 2.89. The molecule has 0 aromatic rings. The van der Waals surface area contributed by atoms with Gasteiger partial charge in [-0.1, -0.05) is 0 Å². The molecule has 0 N–H and O–H groups in total. The fourth-order valence-corrected chi connectivity index (χ4v) is 1.20. The van der Waals surface area contributed by atoms with Crippen molar-refractivity contribution in [1.29, 1.82) is 0 Å². The molecule has 2 heteroatoms. The van der Waals surface area contributed by atoms with Gasteiger partial charge in [-0.25, -0.2) is 0 Å². The van der Waals surface area contributed by atoms with Gasteiger partial charge in [-0.05, 0) is 26.7 Å². The molecule has 1 saturated carbocycles. The van der Waals surface area contributed by atoms with Crippen molar-refractivity contribution < 1.29 is 9.47 Å². The van der Waals surface area contributed by atoms with E-state index in [1.54, 1.807) is 7.11 Å². The van der Waals surface area contributed by atoms with Crippen LogP contribution in [0.1, 0.15) is 26.7 Å². The van der Waals surface area contributed by atoms with Gasteiger partial charge in [0, 0.05) is 7.11 Å². The number of methoxy groups -OCH3 is 1. The Morgan fingerprint density at radius 1 is 1.40 bits per heavy atom. The molecule has 0 aromatic carbocycles. The van der Waals surface area contributed by atoms with Crippen molar-refractivity contribution >= 4 is 0 Å². The Balaban J connectivity index is 2.23. The smallest absolute Gasteiger partial charge is 0.0920 e. The Bertz CT molecular complexity index is 106. The van der Waals surface area contributed by atoms with E-state index in [4.69, 9.17) is 9.47 Å². The largest absolute Gasteiger partial charge is 0.382 e. The highest BCUT2D eigenvalue weighted by Crippen LogP contribution is 2.40. The highest BCUT2D eigenvalue weighted by Gasteiger charge is 2.44. The van der Waals surface area contributed by atoms with Crippen LogP contribution in [-0.2, 0) is 9.47 Å². The zero-order valence-corrected chi connectivity index (χ0v) is 7.02. The van der Waals surface area contributed by atoms with E-state index < -0.39 is 0 Å². The van der Waals surface area contributed by atoms with Gasteiger partial charge in [-0.15, -0.1) is 0 Å². The summed E-state index contributed by atoms with van der Waals surface area (Å²) in [6.07, 6.45) is 2.66. The average Bonchev–Trinajstić information content (AvgIpc) is 2.47. The van der Waals surface area contributed by atoms with Crippen LogP contribution < -0.4 is 0 Å². The first kappa shape index (κ1) is 8.02. The van der Waals surface area contributed by atoms with E-state index in [1.165, 1.54) is 12.8 Å². The van der Waals surface area contributed by atoms with E-state index in [-0.39, 0.29) is 5.60 Å². The molecule has 0 unspecified atom stereocenters. The quantitative estimate of drug-likeness (QED) is 0.596. The van der Waals surface area contributed by atoms with Gasteiger partial charge in [-0.3, -0.25) is 0 Å². The standard InChI is InChI=1S/C8H16O2/c1-7(2)10-8(4-5-8)6-9-3/h7H,4-6H2,1-3H3. The van der Waals surface area contributed by atoms with E-state index in [9.17, 15) is 0 Å². The van der Waals surface area contributed by atoms with Crippen LogP contribution in [0.4, 0.5) is 0 Å². The Labute approximate surface area is 62.5 Å². The summed E-state index contributed by atoms with van der Waals surface area (Å²) >= 11 is 0. The minimum absolute atomic E-state index is 0.100. The average molecular weight is 144 g/mol. The molecular formula is C8H16O2. The molecule has 0 saturated heterocycles. The van der Waals surface area contributed by atoms with E-state index in [0.717, 1.165) is 6.61 Å². The number of ether oxygens (including phenoxy) is 2. The molecule has 0 bridgehead atoms. The van der Waals surface area contributed by atoms with Crippen molar-refractivity contribution in [3.8, 4) is 0 Å². The zero-order valence-electron chi connectivity index (χ0n) is 7.02. The molecule has 1 aliphatic rings. The summed E-state index contributed by atoms with van der Waals surface area (Å²) in [5.74, 6) is 0. The third-order valence-corrected chi connectivity index (χ3v) is 1.70.